The molecule has 128 valence electrons. The van der Waals surface area contributed by atoms with Crippen LogP contribution in [0.15, 0.2) is 34.8 Å². The summed E-state index contributed by atoms with van der Waals surface area (Å²) in [5.41, 5.74) is 0.0133. The molecule has 0 saturated heterocycles. The van der Waals surface area contributed by atoms with Crippen molar-refractivity contribution < 1.29 is 29.3 Å². The predicted octanol–water partition coefficient (Wildman–Crippen LogP) is 4.13. The van der Waals surface area contributed by atoms with Crippen molar-refractivity contribution in [2.24, 2.45) is 0 Å². The summed E-state index contributed by atoms with van der Waals surface area (Å²) in [5.74, 6) is -1.48. The topological polar surface area (TPSA) is 93.1 Å². The zero-order chi connectivity index (χ0) is 18.1. The van der Waals surface area contributed by atoms with Crippen LogP contribution in [0, 0.1) is 0 Å². The lowest BCUT2D eigenvalue weighted by atomic mass is 10.0. The SMILES string of the molecule is O=C(O)c1cc(Br)cc(C(=O)/C=C/c2cc3c(cc2Cl)OCO3)c1O. The van der Waals surface area contributed by atoms with E-state index >= 15 is 0 Å². The van der Waals surface area contributed by atoms with Gasteiger partial charge in [-0.3, -0.25) is 4.79 Å². The molecule has 0 saturated carbocycles. The number of ether oxygens (including phenoxy) is 2. The number of benzene rings is 2. The minimum Gasteiger partial charge on any atom is -0.506 e. The zero-order valence-electron chi connectivity index (χ0n) is 12.5. The molecular formula is C17H10BrClO6. The number of allylic oxidation sites excluding steroid dienone is 1. The fourth-order valence-electron chi connectivity index (χ4n) is 2.27. The fraction of sp³-hybridized carbons (Fsp3) is 0.0588. The van der Waals surface area contributed by atoms with Crippen molar-refractivity contribution in [3.05, 3.63) is 56.5 Å². The van der Waals surface area contributed by atoms with Crippen LogP contribution in [0.5, 0.6) is 17.2 Å². The Balaban J connectivity index is 1.93. The molecule has 0 bridgehead atoms. The number of aromatic hydroxyl groups is 1. The van der Waals surface area contributed by atoms with Crippen molar-refractivity contribution in [1.29, 1.82) is 0 Å². The Morgan fingerprint density at radius 1 is 1.12 bits per heavy atom. The maximum absolute atomic E-state index is 12.4. The number of fused-ring (bicyclic) bond motifs is 1. The second kappa shape index (κ2) is 6.78. The second-order valence-corrected chi connectivity index (χ2v) is 6.40. The van der Waals surface area contributed by atoms with Crippen LogP contribution in [0.1, 0.15) is 26.3 Å². The van der Waals surface area contributed by atoms with E-state index in [4.69, 9.17) is 26.2 Å². The highest BCUT2D eigenvalue weighted by molar-refractivity contribution is 9.10. The number of carbonyl (C=O) groups is 2. The van der Waals surface area contributed by atoms with Gasteiger partial charge in [0.25, 0.3) is 0 Å². The van der Waals surface area contributed by atoms with E-state index in [9.17, 15) is 14.7 Å². The first kappa shape index (κ1) is 17.3. The molecule has 3 rings (SSSR count). The largest absolute Gasteiger partial charge is 0.506 e. The van der Waals surface area contributed by atoms with Crippen molar-refractivity contribution in [2.75, 3.05) is 6.79 Å². The van der Waals surface area contributed by atoms with E-state index in [2.05, 4.69) is 15.9 Å². The number of carboxylic acid groups (broad SMARTS) is 1. The molecule has 2 aromatic carbocycles. The third kappa shape index (κ3) is 3.47. The monoisotopic (exact) mass is 424 g/mol. The highest BCUT2D eigenvalue weighted by Crippen LogP contribution is 2.37. The summed E-state index contributed by atoms with van der Waals surface area (Å²) < 4.78 is 10.8. The molecule has 0 fully saturated rings. The first-order valence-electron chi connectivity index (χ1n) is 6.94. The third-order valence-electron chi connectivity index (χ3n) is 3.48. The average Bonchev–Trinajstić information content (AvgIpc) is 3.00. The van der Waals surface area contributed by atoms with Crippen LogP contribution < -0.4 is 9.47 Å². The lowest BCUT2D eigenvalue weighted by Gasteiger charge is -2.06. The van der Waals surface area contributed by atoms with Gasteiger partial charge in [0.1, 0.15) is 11.3 Å². The Kier molecular flexibility index (Phi) is 4.69. The van der Waals surface area contributed by atoms with E-state index in [1.807, 2.05) is 0 Å². The van der Waals surface area contributed by atoms with E-state index in [-0.39, 0.29) is 17.9 Å². The van der Waals surface area contributed by atoms with Gasteiger partial charge in [-0.15, -0.1) is 0 Å². The molecule has 0 radical (unpaired) electrons. The minimum atomic E-state index is -1.34. The Labute approximate surface area is 155 Å². The van der Waals surface area contributed by atoms with Crippen molar-refractivity contribution in [3.63, 3.8) is 0 Å². The lowest BCUT2D eigenvalue weighted by Crippen LogP contribution is -2.03. The summed E-state index contributed by atoms with van der Waals surface area (Å²) >= 11 is 9.25. The Bertz CT molecular complexity index is 922. The third-order valence-corrected chi connectivity index (χ3v) is 4.26. The van der Waals surface area contributed by atoms with Gasteiger partial charge in [-0.25, -0.2) is 4.79 Å². The van der Waals surface area contributed by atoms with Crippen molar-refractivity contribution in [2.45, 2.75) is 0 Å². The predicted molar refractivity (Wildman–Crippen MR) is 93.7 cm³/mol. The number of phenols is 1. The summed E-state index contributed by atoms with van der Waals surface area (Å²) in [6.45, 7) is 0.0988. The molecule has 0 atom stereocenters. The Hall–Kier alpha value is -2.51. The molecule has 0 amide bonds. The molecule has 1 heterocycles. The number of ketones is 1. The van der Waals surface area contributed by atoms with Crippen molar-refractivity contribution >= 4 is 45.4 Å². The second-order valence-electron chi connectivity index (χ2n) is 5.08. The van der Waals surface area contributed by atoms with E-state index in [0.717, 1.165) is 0 Å². The molecule has 0 aliphatic carbocycles. The molecule has 25 heavy (non-hydrogen) atoms. The van der Waals surface area contributed by atoms with Crippen LogP contribution in [0.2, 0.25) is 5.02 Å². The van der Waals surface area contributed by atoms with Crippen LogP contribution in [0.25, 0.3) is 6.08 Å². The van der Waals surface area contributed by atoms with Crippen LogP contribution in [0.4, 0.5) is 0 Å². The van der Waals surface area contributed by atoms with Gasteiger partial charge in [0.05, 0.1) is 10.6 Å². The summed E-state index contributed by atoms with van der Waals surface area (Å²) in [6, 6.07) is 5.76. The molecule has 0 unspecified atom stereocenters. The summed E-state index contributed by atoms with van der Waals surface area (Å²) in [7, 11) is 0. The number of aromatic carboxylic acids is 1. The molecular weight excluding hydrogens is 416 g/mol. The van der Waals surface area contributed by atoms with Crippen LogP contribution >= 0.6 is 27.5 Å². The Morgan fingerprint density at radius 3 is 2.44 bits per heavy atom. The van der Waals surface area contributed by atoms with Gasteiger partial charge in [0.15, 0.2) is 17.3 Å². The molecule has 6 nitrogen and oxygen atoms in total. The van der Waals surface area contributed by atoms with Gasteiger partial charge in [-0.1, -0.05) is 27.5 Å². The first-order valence-corrected chi connectivity index (χ1v) is 8.11. The van der Waals surface area contributed by atoms with Gasteiger partial charge < -0.3 is 19.7 Å². The Morgan fingerprint density at radius 2 is 1.76 bits per heavy atom. The number of hydrogen-bond acceptors (Lipinski definition) is 5. The highest BCUT2D eigenvalue weighted by atomic mass is 79.9. The molecule has 0 spiro atoms. The summed E-state index contributed by atoms with van der Waals surface area (Å²) in [6.07, 6.45) is 2.64. The van der Waals surface area contributed by atoms with Gasteiger partial charge in [0, 0.05) is 10.5 Å². The zero-order valence-corrected chi connectivity index (χ0v) is 14.8. The van der Waals surface area contributed by atoms with Crippen LogP contribution in [-0.4, -0.2) is 28.8 Å². The van der Waals surface area contributed by atoms with E-state index in [0.29, 0.717) is 26.6 Å². The molecule has 8 heteroatoms. The van der Waals surface area contributed by atoms with Crippen molar-refractivity contribution in [1.82, 2.24) is 0 Å². The smallest absolute Gasteiger partial charge is 0.339 e. The van der Waals surface area contributed by atoms with Gasteiger partial charge in [-0.2, -0.15) is 0 Å². The maximum Gasteiger partial charge on any atom is 0.339 e. The highest BCUT2D eigenvalue weighted by Gasteiger charge is 2.19. The molecule has 1 aliphatic heterocycles. The van der Waals surface area contributed by atoms with E-state index < -0.39 is 17.5 Å². The fourth-order valence-corrected chi connectivity index (χ4v) is 2.94. The standard InChI is InChI=1S/C17H10BrClO6/c18-9-4-10(16(21)11(5-9)17(22)23)13(20)2-1-8-3-14-15(6-12(8)19)25-7-24-14/h1-6,21H,7H2,(H,22,23)/b2-1+. The maximum atomic E-state index is 12.4. The van der Waals surface area contributed by atoms with Gasteiger partial charge >= 0.3 is 5.97 Å². The number of hydrogen-bond donors (Lipinski definition) is 2. The van der Waals surface area contributed by atoms with Crippen LogP contribution in [0.3, 0.4) is 0 Å². The average molecular weight is 426 g/mol. The molecule has 2 aromatic rings. The number of carboxylic acids is 1. The quantitative estimate of drug-likeness (QED) is 0.565. The van der Waals surface area contributed by atoms with E-state index in [1.165, 1.54) is 24.3 Å². The minimum absolute atomic E-state index is 0.0988. The number of rotatable bonds is 4. The lowest BCUT2D eigenvalue weighted by molar-refractivity contribution is 0.0693. The molecule has 2 N–H and O–H groups in total. The summed E-state index contributed by atoms with van der Waals surface area (Å²) in [5, 5.41) is 19.4. The van der Waals surface area contributed by atoms with Gasteiger partial charge in [-0.05, 0) is 35.9 Å². The normalized spacial score (nSPS) is 12.6. The van der Waals surface area contributed by atoms with Crippen molar-refractivity contribution in [3.8, 4) is 17.2 Å². The number of carbonyl (C=O) groups excluding carboxylic acids is 1. The molecule has 1 aliphatic rings. The van der Waals surface area contributed by atoms with E-state index in [1.54, 1.807) is 12.1 Å². The number of halogens is 2. The first-order chi connectivity index (χ1) is 11.9. The summed E-state index contributed by atoms with van der Waals surface area (Å²) in [4.78, 5) is 23.5. The van der Waals surface area contributed by atoms with Gasteiger partial charge in [0.2, 0.25) is 6.79 Å². The van der Waals surface area contributed by atoms with Crippen LogP contribution in [-0.2, 0) is 0 Å². The molecule has 0 aromatic heterocycles.